The Kier molecular flexibility index (Phi) is 5.53. The molecule has 1 amide bonds. The average molecular weight is 309 g/mol. The van der Waals surface area contributed by atoms with Gasteiger partial charge in [-0.25, -0.2) is 4.39 Å². The molecule has 0 radical (unpaired) electrons. The molecule has 2 rings (SSSR count). The zero-order valence-corrected chi connectivity index (χ0v) is 13.1. The molecular formula is C17H24FNO3. The maximum absolute atomic E-state index is 13.6. The maximum atomic E-state index is 13.6. The molecule has 0 aromatic heterocycles. The van der Waals surface area contributed by atoms with E-state index in [4.69, 9.17) is 4.74 Å². The first-order valence-electron chi connectivity index (χ1n) is 7.76. The quantitative estimate of drug-likeness (QED) is 0.878. The summed E-state index contributed by atoms with van der Waals surface area (Å²) in [6, 6.07) is 6.33. The van der Waals surface area contributed by atoms with Crippen molar-refractivity contribution in [3.63, 3.8) is 0 Å². The molecule has 1 unspecified atom stereocenters. The minimum Gasteiger partial charge on any atom is -0.392 e. The zero-order valence-electron chi connectivity index (χ0n) is 13.1. The smallest absolute Gasteiger partial charge is 0.223 e. The molecule has 5 heteroatoms. The second kappa shape index (κ2) is 7.20. The maximum Gasteiger partial charge on any atom is 0.223 e. The van der Waals surface area contributed by atoms with Crippen molar-refractivity contribution in [2.75, 3.05) is 13.2 Å². The van der Waals surface area contributed by atoms with Gasteiger partial charge in [0, 0.05) is 13.2 Å². The van der Waals surface area contributed by atoms with Gasteiger partial charge in [-0.15, -0.1) is 0 Å². The van der Waals surface area contributed by atoms with Crippen LogP contribution in [-0.4, -0.2) is 30.3 Å². The number of aliphatic hydroxyl groups excluding tert-OH is 1. The van der Waals surface area contributed by atoms with Crippen LogP contribution in [0, 0.1) is 11.7 Å². The van der Waals surface area contributed by atoms with Gasteiger partial charge in [-0.05, 0) is 36.5 Å². The van der Waals surface area contributed by atoms with Crippen LogP contribution in [-0.2, 0) is 15.1 Å². The Labute approximate surface area is 130 Å². The first kappa shape index (κ1) is 16.9. The van der Waals surface area contributed by atoms with Crippen molar-refractivity contribution in [2.45, 2.75) is 44.8 Å². The van der Waals surface area contributed by atoms with E-state index in [9.17, 15) is 14.3 Å². The Morgan fingerprint density at radius 2 is 2.09 bits per heavy atom. The first-order chi connectivity index (χ1) is 10.4. The molecule has 0 bridgehead atoms. The van der Waals surface area contributed by atoms with Gasteiger partial charge in [-0.2, -0.15) is 0 Å². The van der Waals surface area contributed by atoms with E-state index >= 15 is 0 Å². The lowest BCUT2D eigenvalue weighted by molar-refractivity contribution is -0.127. The highest BCUT2D eigenvalue weighted by atomic mass is 19.1. The molecule has 4 nitrogen and oxygen atoms in total. The molecule has 122 valence electrons. The molecule has 0 saturated carbocycles. The second-order valence-electron chi connectivity index (χ2n) is 6.27. The first-order valence-corrected chi connectivity index (χ1v) is 7.76. The summed E-state index contributed by atoms with van der Waals surface area (Å²) in [5.41, 5.74) is 0.136. The summed E-state index contributed by atoms with van der Waals surface area (Å²) in [7, 11) is 0. The van der Waals surface area contributed by atoms with Gasteiger partial charge in [0.25, 0.3) is 0 Å². The number of amides is 1. The van der Waals surface area contributed by atoms with Crippen LogP contribution < -0.4 is 5.32 Å². The lowest BCUT2D eigenvalue weighted by Crippen LogP contribution is -2.50. The Morgan fingerprint density at radius 1 is 1.41 bits per heavy atom. The van der Waals surface area contributed by atoms with Gasteiger partial charge < -0.3 is 15.2 Å². The van der Waals surface area contributed by atoms with Crippen LogP contribution in [0.2, 0.25) is 0 Å². The number of benzene rings is 1. The van der Waals surface area contributed by atoms with Crippen LogP contribution in [0.5, 0.6) is 0 Å². The Hall–Kier alpha value is -1.46. The van der Waals surface area contributed by atoms with E-state index in [2.05, 4.69) is 5.32 Å². The molecular weight excluding hydrogens is 285 g/mol. The fourth-order valence-corrected chi connectivity index (χ4v) is 2.74. The van der Waals surface area contributed by atoms with Crippen molar-refractivity contribution < 1.29 is 19.0 Å². The van der Waals surface area contributed by atoms with E-state index in [-0.39, 0.29) is 24.1 Å². The molecule has 2 N–H and O–H groups in total. The lowest BCUT2D eigenvalue weighted by Gasteiger charge is -2.39. The van der Waals surface area contributed by atoms with E-state index in [0.29, 0.717) is 26.1 Å². The molecule has 1 aromatic rings. The summed E-state index contributed by atoms with van der Waals surface area (Å²) in [5.74, 6) is -0.516. The third-order valence-corrected chi connectivity index (χ3v) is 4.27. The highest BCUT2D eigenvalue weighted by molar-refractivity contribution is 5.77. The van der Waals surface area contributed by atoms with Crippen LogP contribution in [0.3, 0.4) is 0 Å². The summed E-state index contributed by atoms with van der Waals surface area (Å²) in [6.45, 7) is 4.77. The number of hydrogen-bond donors (Lipinski definition) is 2. The molecule has 0 spiro atoms. The van der Waals surface area contributed by atoms with Gasteiger partial charge in [0.1, 0.15) is 5.82 Å². The minimum atomic E-state index is -0.676. The standard InChI is InChI=1S/C17H24FNO3/c1-12(2)15(20)11-16(21)19-17(6-8-22-9-7-17)13-4-3-5-14(18)10-13/h3-5,10,12,15,20H,6-9,11H2,1-2H3,(H,19,21). The number of carbonyl (C=O) groups is 1. The molecule has 1 fully saturated rings. The largest absolute Gasteiger partial charge is 0.392 e. The number of hydrogen-bond acceptors (Lipinski definition) is 3. The summed E-state index contributed by atoms with van der Waals surface area (Å²) in [4.78, 5) is 12.3. The Balaban J connectivity index is 2.17. The predicted molar refractivity (Wildman–Crippen MR) is 81.7 cm³/mol. The van der Waals surface area contributed by atoms with E-state index in [0.717, 1.165) is 5.56 Å². The van der Waals surface area contributed by atoms with Crippen molar-refractivity contribution in [3.05, 3.63) is 35.6 Å². The molecule has 0 aliphatic carbocycles. The fraction of sp³-hybridized carbons (Fsp3) is 0.588. The zero-order chi connectivity index (χ0) is 16.2. The molecule has 1 atom stereocenters. The highest BCUT2D eigenvalue weighted by Crippen LogP contribution is 2.32. The summed E-state index contributed by atoms with van der Waals surface area (Å²) >= 11 is 0. The highest BCUT2D eigenvalue weighted by Gasteiger charge is 2.36. The van der Waals surface area contributed by atoms with Crippen molar-refractivity contribution >= 4 is 5.91 Å². The summed E-state index contributed by atoms with van der Waals surface area (Å²) in [5, 5.41) is 12.9. The number of ether oxygens (including phenoxy) is 1. The second-order valence-corrected chi connectivity index (χ2v) is 6.27. The monoisotopic (exact) mass is 309 g/mol. The average Bonchev–Trinajstić information content (AvgIpc) is 2.48. The van der Waals surface area contributed by atoms with Crippen LogP contribution >= 0.6 is 0 Å². The van der Waals surface area contributed by atoms with Gasteiger partial charge >= 0.3 is 0 Å². The Morgan fingerprint density at radius 3 is 2.68 bits per heavy atom. The summed E-state index contributed by atoms with van der Waals surface area (Å²) < 4.78 is 18.9. The Bertz CT molecular complexity index is 512. The molecule has 1 heterocycles. The van der Waals surface area contributed by atoms with Gasteiger partial charge in [0.15, 0.2) is 0 Å². The normalized spacial score (nSPS) is 19.0. The number of halogens is 1. The topological polar surface area (TPSA) is 58.6 Å². The van der Waals surface area contributed by atoms with Crippen LogP contribution in [0.4, 0.5) is 4.39 Å². The van der Waals surface area contributed by atoms with Crippen molar-refractivity contribution in [1.29, 1.82) is 0 Å². The van der Waals surface area contributed by atoms with Crippen LogP contribution in [0.25, 0.3) is 0 Å². The van der Waals surface area contributed by atoms with E-state index < -0.39 is 11.6 Å². The third kappa shape index (κ3) is 4.05. The fourth-order valence-electron chi connectivity index (χ4n) is 2.74. The van der Waals surface area contributed by atoms with Crippen molar-refractivity contribution in [3.8, 4) is 0 Å². The van der Waals surface area contributed by atoms with E-state index in [1.165, 1.54) is 12.1 Å². The van der Waals surface area contributed by atoms with E-state index in [1.54, 1.807) is 6.07 Å². The predicted octanol–water partition coefficient (Wildman–Crippen LogP) is 2.35. The molecule has 1 aliphatic rings. The van der Waals surface area contributed by atoms with Gasteiger partial charge in [0.05, 0.1) is 18.1 Å². The number of carbonyl (C=O) groups excluding carboxylic acids is 1. The SMILES string of the molecule is CC(C)C(O)CC(=O)NC1(c2cccc(F)c2)CCOCC1. The number of rotatable bonds is 5. The molecule has 22 heavy (non-hydrogen) atoms. The molecule has 1 aromatic carbocycles. The molecule has 1 saturated heterocycles. The van der Waals surface area contributed by atoms with Gasteiger partial charge in [0.2, 0.25) is 5.91 Å². The van der Waals surface area contributed by atoms with Crippen LogP contribution in [0.15, 0.2) is 24.3 Å². The summed E-state index contributed by atoms with van der Waals surface area (Å²) in [6.07, 6.45) is 0.569. The minimum absolute atomic E-state index is 0.0190. The third-order valence-electron chi connectivity index (χ3n) is 4.27. The van der Waals surface area contributed by atoms with Crippen molar-refractivity contribution in [2.24, 2.45) is 5.92 Å². The number of aliphatic hydroxyl groups is 1. The van der Waals surface area contributed by atoms with Crippen molar-refractivity contribution in [1.82, 2.24) is 5.32 Å². The van der Waals surface area contributed by atoms with Gasteiger partial charge in [-0.1, -0.05) is 26.0 Å². The van der Waals surface area contributed by atoms with E-state index in [1.807, 2.05) is 19.9 Å². The lowest BCUT2D eigenvalue weighted by atomic mass is 9.82. The number of nitrogens with one attached hydrogen (secondary N) is 1. The molecule has 1 aliphatic heterocycles. The van der Waals surface area contributed by atoms with Gasteiger partial charge in [-0.3, -0.25) is 4.79 Å². The van der Waals surface area contributed by atoms with Crippen LogP contribution in [0.1, 0.15) is 38.7 Å².